The van der Waals surface area contributed by atoms with Crippen LogP contribution in [0.2, 0.25) is 0 Å². The van der Waals surface area contributed by atoms with Gasteiger partial charge in [0, 0.05) is 39.3 Å². The Morgan fingerprint density at radius 3 is 2.19 bits per heavy atom. The van der Waals surface area contributed by atoms with Crippen LogP contribution in [-0.4, -0.2) is 10.6 Å². The molecule has 2 nitrogen and oxygen atoms in total. The fraction of sp³-hybridized carbons (Fsp3) is 0.0500. The smallest absolute Gasteiger partial charge is 0.0629 e. The fourth-order valence-corrected chi connectivity index (χ4v) is 7.95. The Morgan fingerprint density at radius 1 is 0.524 bits per heavy atom. The van der Waals surface area contributed by atoms with Gasteiger partial charge in [0.15, 0.2) is 0 Å². The number of fused-ring (bicyclic) bond motifs is 10. The van der Waals surface area contributed by atoms with Crippen molar-refractivity contribution >= 4 is 44.0 Å². The zero-order valence-corrected chi connectivity index (χ0v) is 22.9. The molecular weight excluding hydrogens is 508 g/mol. The molecule has 2 aliphatic carbocycles. The summed E-state index contributed by atoms with van der Waals surface area (Å²) < 4.78 is 2.49. The Hall–Kier alpha value is -5.34. The van der Waals surface area contributed by atoms with Crippen LogP contribution in [0.5, 0.6) is 0 Å². The summed E-state index contributed by atoms with van der Waals surface area (Å²) in [5.74, 6) is 0.384. The third-order valence-electron chi connectivity index (χ3n) is 9.65. The van der Waals surface area contributed by atoms with E-state index in [-0.39, 0.29) is 0 Å². The van der Waals surface area contributed by atoms with Gasteiger partial charge in [-0.15, -0.1) is 0 Å². The number of anilines is 2. The van der Waals surface area contributed by atoms with Crippen LogP contribution in [0.4, 0.5) is 11.4 Å². The maximum Gasteiger partial charge on any atom is 0.0629 e. The van der Waals surface area contributed by atoms with E-state index < -0.39 is 0 Å². The number of hydrogen-bond donors (Lipinski definition) is 0. The molecule has 1 aliphatic heterocycles. The van der Waals surface area contributed by atoms with Gasteiger partial charge >= 0.3 is 0 Å². The minimum absolute atomic E-state index is 0.300. The van der Waals surface area contributed by atoms with Crippen LogP contribution in [0.15, 0.2) is 146 Å². The van der Waals surface area contributed by atoms with Crippen molar-refractivity contribution in [2.24, 2.45) is 0 Å². The molecule has 6 aromatic carbocycles. The summed E-state index contributed by atoms with van der Waals surface area (Å²) in [4.78, 5) is 2.50. The van der Waals surface area contributed by atoms with Crippen molar-refractivity contribution in [2.45, 2.75) is 12.0 Å². The SMILES string of the molecule is C1=CC2c3ccccc3N(c3ccc(-n4c5ccccc5c5ccc6c(c54)-c4cccc5cccc-6c45)cc3)C2C=C1. The van der Waals surface area contributed by atoms with E-state index in [2.05, 4.69) is 155 Å². The van der Waals surface area contributed by atoms with E-state index in [0.717, 1.165) is 0 Å². The third-order valence-corrected chi connectivity index (χ3v) is 9.65. The molecule has 0 saturated carbocycles. The van der Waals surface area contributed by atoms with Gasteiger partial charge in [-0.05, 0) is 69.4 Å². The van der Waals surface area contributed by atoms with E-state index in [0.29, 0.717) is 12.0 Å². The molecule has 0 radical (unpaired) electrons. The van der Waals surface area contributed by atoms with Crippen LogP contribution < -0.4 is 4.90 Å². The number of benzene rings is 6. The maximum absolute atomic E-state index is 2.50. The van der Waals surface area contributed by atoms with Crippen molar-refractivity contribution in [2.75, 3.05) is 4.90 Å². The molecule has 2 atom stereocenters. The molecule has 1 aromatic heterocycles. The summed E-state index contributed by atoms with van der Waals surface area (Å²) in [5.41, 5.74) is 13.0. The Balaban J connectivity index is 1.20. The molecule has 0 spiro atoms. The predicted molar refractivity (Wildman–Crippen MR) is 176 cm³/mol. The standard InChI is InChI=1S/C40H26N2/c1-4-16-35-28(11-1)29-12-2-5-17-36(29)41(35)26-19-21-27(22-20-26)42-37-18-6-3-13-30(37)33-24-23-32-31-14-7-9-25-10-8-15-34(38(25)31)39(32)40(33)42/h1-24,28,35H. The normalized spacial score (nSPS) is 17.8. The third kappa shape index (κ3) is 2.79. The van der Waals surface area contributed by atoms with Gasteiger partial charge in [-0.1, -0.05) is 109 Å². The first-order valence-electron chi connectivity index (χ1n) is 14.8. The molecule has 10 rings (SSSR count). The molecule has 42 heavy (non-hydrogen) atoms. The van der Waals surface area contributed by atoms with Crippen molar-refractivity contribution in [3.05, 3.63) is 151 Å². The first-order chi connectivity index (χ1) is 20.9. The Kier molecular flexibility index (Phi) is 4.32. The fourth-order valence-electron chi connectivity index (χ4n) is 7.95. The molecule has 196 valence electrons. The van der Waals surface area contributed by atoms with Crippen molar-refractivity contribution in [3.63, 3.8) is 0 Å². The highest BCUT2D eigenvalue weighted by molar-refractivity contribution is 6.24. The summed E-state index contributed by atoms with van der Waals surface area (Å²) in [6, 6.07) is 45.3. The van der Waals surface area contributed by atoms with Crippen LogP contribution in [0, 0.1) is 0 Å². The lowest BCUT2D eigenvalue weighted by atomic mass is 9.91. The topological polar surface area (TPSA) is 8.17 Å². The van der Waals surface area contributed by atoms with E-state index in [9.17, 15) is 0 Å². The number of aromatic nitrogens is 1. The van der Waals surface area contributed by atoms with Gasteiger partial charge in [0.05, 0.1) is 17.1 Å². The molecule has 2 unspecified atom stereocenters. The summed E-state index contributed by atoms with van der Waals surface area (Å²) >= 11 is 0. The first kappa shape index (κ1) is 22.4. The summed E-state index contributed by atoms with van der Waals surface area (Å²) in [7, 11) is 0. The van der Waals surface area contributed by atoms with Gasteiger partial charge in [-0.25, -0.2) is 0 Å². The van der Waals surface area contributed by atoms with Crippen LogP contribution in [0.3, 0.4) is 0 Å². The minimum Gasteiger partial charge on any atom is -0.333 e. The largest absolute Gasteiger partial charge is 0.333 e. The molecule has 2 heterocycles. The molecule has 0 N–H and O–H groups in total. The predicted octanol–water partition coefficient (Wildman–Crippen LogP) is 10.3. The van der Waals surface area contributed by atoms with Gasteiger partial charge < -0.3 is 9.47 Å². The quantitative estimate of drug-likeness (QED) is 0.214. The lowest BCUT2D eigenvalue weighted by Crippen LogP contribution is -2.28. The zero-order chi connectivity index (χ0) is 27.4. The second-order valence-corrected chi connectivity index (χ2v) is 11.7. The first-order valence-corrected chi connectivity index (χ1v) is 14.8. The monoisotopic (exact) mass is 534 g/mol. The van der Waals surface area contributed by atoms with E-state index in [1.807, 2.05) is 0 Å². The molecule has 3 aliphatic rings. The summed E-state index contributed by atoms with van der Waals surface area (Å²) in [5, 5.41) is 5.26. The van der Waals surface area contributed by atoms with Crippen LogP contribution >= 0.6 is 0 Å². The average molecular weight is 535 g/mol. The van der Waals surface area contributed by atoms with Crippen molar-refractivity contribution in [1.29, 1.82) is 0 Å². The van der Waals surface area contributed by atoms with Crippen molar-refractivity contribution < 1.29 is 0 Å². The second kappa shape index (κ2) is 8.11. The molecule has 0 bridgehead atoms. The minimum atomic E-state index is 0.300. The van der Waals surface area contributed by atoms with Gasteiger partial charge in [0.25, 0.3) is 0 Å². The average Bonchev–Trinajstić information content (AvgIpc) is 3.69. The van der Waals surface area contributed by atoms with Crippen molar-refractivity contribution in [1.82, 2.24) is 4.57 Å². The highest BCUT2D eigenvalue weighted by atomic mass is 15.2. The molecule has 2 heteroatoms. The summed E-state index contributed by atoms with van der Waals surface area (Å²) in [6.07, 6.45) is 9.05. The molecule has 0 fully saturated rings. The highest BCUT2D eigenvalue weighted by Crippen LogP contribution is 2.52. The van der Waals surface area contributed by atoms with Gasteiger partial charge in [-0.3, -0.25) is 0 Å². The van der Waals surface area contributed by atoms with Gasteiger partial charge in [-0.2, -0.15) is 0 Å². The van der Waals surface area contributed by atoms with Gasteiger partial charge in [0.1, 0.15) is 0 Å². The number of rotatable bonds is 2. The molecule has 7 aromatic rings. The van der Waals surface area contributed by atoms with E-state index in [4.69, 9.17) is 0 Å². The van der Waals surface area contributed by atoms with Gasteiger partial charge in [0.2, 0.25) is 0 Å². The van der Waals surface area contributed by atoms with Crippen LogP contribution in [0.1, 0.15) is 11.5 Å². The highest BCUT2D eigenvalue weighted by Gasteiger charge is 2.37. The number of allylic oxidation sites excluding steroid dienone is 2. The second-order valence-electron chi connectivity index (χ2n) is 11.7. The molecule has 0 amide bonds. The van der Waals surface area contributed by atoms with Crippen molar-refractivity contribution in [3.8, 4) is 27.9 Å². The molecular formula is C40H26N2. The Bertz CT molecular complexity index is 2310. The van der Waals surface area contributed by atoms with E-state index >= 15 is 0 Å². The van der Waals surface area contributed by atoms with E-state index in [1.54, 1.807) is 0 Å². The lowest BCUT2D eigenvalue weighted by molar-refractivity contribution is 0.744. The Morgan fingerprint density at radius 2 is 1.29 bits per heavy atom. The van der Waals surface area contributed by atoms with Crippen LogP contribution in [-0.2, 0) is 0 Å². The maximum atomic E-state index is 2.50. The lowest BCUT2D eigenvalue weighted by Gasteiger charge is -2.29. The summed E-state index contributed by atoms with van der Waals surface area (Å²) in [6.45, 7) is 0. The Labute approximate surface area is 244 Å². The number of para-hydroxylation sites is 2. The zero-order valence-electron chi connectivity index (χ0n) is 22.9. The number of hydrogen-bond acceptors (Lipinski definition) is 1. The van der Waals surface area contributed by atoms with Crippen LogP contribution in [0.25, 0.3) is 60.5 Å². The molecule has 0 saturated heterocycles. The number of nitrogens with zero attached hydrogens (tertiary/aromatic N) is 2. The van der Waals surface area contributed by atoms with E-state index in [1.165, 1.54) is 77.5 Å².